The van der Waals surface area contributed by atoms with E-state index < -0.39 is 11.5 Å². The van der Waals surface area contributed by atoms with E-state index in [4.69, 9.17) is 4.74 Å². The molecule has 0 aliphatic carbocycles. The zero-order valence-electron chi connectivity index (χ0n) is 14.0. The van der Waals surface area contributed by atoms with E-state index in [1.54, 1.807) is 0 Å². The molecule has 0 aromatic heterocycles. The molecule has 1 aromatic rings. The number of hydrogen-bond donors (Lipinski definition) is 1. The Hall–Kier alpha value is -1.04. The minimum Gasteiger partial charge on any atom is -0.465 e. The summed E-state index contributed by atoms with van der Waals surface area (Å²) in [5, 5.41) is 11.1. The Labute approximate surface area is 143 Å². The number of hydrogen-bond acceptors (Lipinski definition) is 5. The summed E-state index contributed by atoms with van der Waals surface area (Å²) in [6, 6.07) is 9.55. The van der Waals surface area contributed by atoms with Gasteiger partial charge >= 0.3 is 5.97 Å². The molecule has 23 heavy (non-hydrogen) atoms. The summed E-state index contributed by atoms with van der Waals surface area (Å²) in [7, 11) is 3.99. The first kappa shape index (κ1) is 18.3. The normalized spacial score (nSPS) is 18.6. The standard InChI is InChI=1S/C18H27NO3S/c1-19(2)11-6-12-22-17(20)16(15-7-4-3-5-8-15)18(21)9-13-23-14-10-18/h3-5,7-8,16,21H,6,9-14H2,1-2H3/t16-/m0/s1. The van der Waals surface area contributed by atoms with Crippen LogP contribution in [0.15, 0.2) is 30.3 Å². The lowest BCUT2D eigenvalue weighted by atomic mass is 9.78. The molecule has 4 nitrogen and oxygen atoms in total. The van der Waals surface area contributed by atoms with Gasteiger partial charge in [-0.25, -0.2) is 0 Å². The van der Waals surface area contributed by atoms with Gasteiger partial charge in [0.05, 0.1) is 12.2 Å². The molecule has 1 N–H and O–H groups in total. The van der Waals surface area contributed by atoms with Crippen LogP contribution in [0.4, 0.5) is 0 Å². The van der Waals surface area contributed by atoms with Crippen molar-refractivity contribution in [3.8, 4) is 0 Å². The molecule has 0 radical (unpaired) electrons. The first-order valence-electron chi connectivity index (χ1n) is 8.19. The van der Waals surface area contributed by atoms with Crippen LogP contribution in [0.1, 0.15) is 30.7 Å². The van der Waals surface area contributed by atoms with Crippen LogP contribution in [0.5, 0.6) is 0 Å². The maximum absolute atomic E-state index is 12.7. The van der Waals surface area contributed by atoms with Gasteiger partial charge in [-0.1, -0.05) is 30.3 Å². The summed E-state index contributed by atoms with van der Waals surface area (Å²) in [6.45, 7) is 1.27. The topological polar surface area (TPSA) is 49.8 Å². The quantitative estimate of drug-likeness (QED) is 0.612. The highest BCUT2D eigenvalue weighted by Gasteiger charge is 2.44. The second-order valence-corrected chi connectivity index (χ2v) is 7.61. The zero-order chi connectivity index (χ0) is 16.7. The number of nitrogens with zero attached hydrogens (tertiary/aromatic N) is 1. The van der Waals surface area contributed by atoms with Gasteiger partial charge in [-0.3, -0.25) is 4.79 Å². The van der Waals surface area contributed by atoms with Crippen LogP contribution in [0.2, 0.25) is 0 Å². The number of aliphatic hydroxyl groups is 1. The molecule has 0 amide bonds. The third-order valence-electron chi connectivity index (χ3n) is 4.26. The lowest BCUT2D eigenvalue weighted by Gasteiger charge is -2.37. The summed E-state index contributed by atoms with van der Waals surface area (Å²) in [5.41, 5.74) is -0.148. The summed E-state index contributed by atoms with van der Waals surface area (Å²) in [6.07, 6.45) is 2.06. The molecule has 1 aromatic carbocycles. The zero-order valence-corrected chi connectivity index (χ0v) is 14.8. The van der Waals surface area contributed by atoms with Crippen LogP contribution in [0.25, 0.3) is 0 Å². The smallest absolute Gasteiger partial charge is 0.316 e. The molecule has 0 unspecified atom stereocenters. The summed E-state index contributed by atoms with van der Waals surface area (Å²) in [4.78, 5) is 14.8. The lowest BCUT2D eigenvalue weighted by Crippen LogP contribution is -2.44. The molecule has 1 aliphatic heterocycles. The van der Waals surface area contributed by atoms with E-state index in [1.807, 2.05) is 56.2 Å². The van der Waals surface area contributed by atoms with Crippen LogP contribution < -0.4 is 0 Å². The van der Waals surface area contributed by atoms with E-state index >= 15 is 0 Å². The summed E-state index contributed by atoms with van der Waals surface area (Å²) < 4.78 is 5.50. The van der Waals surface area contributed by atoms with Crippen LogP contribution >= 0.6 is 11.8 Å². The van der Waals surface area contributed by atoms with Crippen molar-refractivity contribution >= 4 is 17.7 Å². The molecule has 1 saturated heterocycles. The van der Waals surface area contributed by atoms with Crippen molar-refractivity contribution in [2.24, 2.45) is 0 Å². The Kier molecular flexibility index (Phi) is 6.93. The number of esters is 1. The predicted octanol–water partition coefficient (Wildman–Crippen LogP) is 2.52. The average molecular weight is 337 g/mol. The fourth-order valence-electron chi connectivity index (χ4n) is 2.96. The van der Waals surface area contributed by atoms with E-state index in [9.17, 15) is 9.90 Å². The summed E-state index contributed by atoms with van der Waals surface area (Å²) in [5.74, 6) is 0.870. The van der Waals surface area contributed by atoms with Crippen LogP contribution in [-0.2, 0) is 9.53 Å². The van der Waals surface area contributed by atoms with Crippen LogP contribution in [-0.4, -0.2) is 60.3 Å². The largest absolute Gasteiger partial charge is 0.465 e. The fraction of sp³-hybridized carbons (Fsp3) is 0.611. The van der Waals surface area contributed by atoms with Crippen molar-refractivity contribution in [1.82, 2.24) is 4.90 Å². The van der Waals surface area contributed by atoms with Crippen LogP contribution in [0.3, 0.4) is 0 Å². The second kappa shape index (κ2) is 8.71. The van der Waals surface area contributed by atoms with Crippen molar-refractivity contribution < 1.29 is 14.6 Å². The Balaban J connectivity index is 2.09. The molecule has 1 aliphatic rings. The minimum atomic E-state index is -0.995. The van der Waals surface area contributed by atoms with E-state index in [-0.39, 0.29) is 5.97 Å². The first-order chi connectivity index (χ1) is 11.0. The van der Waals surface area contributed by atoms with E-state index in [0.717, 1.165) is 30.0 Å². The minimum absolute atomic E-state index is 0.302. The van der Waals surface area contributed by atoms with Crippen molar-refractivity contribution in [2.45, 2.75) is 30.8 Å². The van der Waals surface area contributed by atoms with Crippen molar-refractivity contribution in [1.29, 1.82) is 0 Å². The Morgan fingerprint density at radius 2 is 1.96 bits per heavy atom. The number of thioether (sulfide) groups is 1. The highest BCUT2D eigenvalue weighted by atomic mass is 32.2. The van der Waals surface area contributed by atoms with Crippen molar-refractivity contribution in [3.05, 3.63) is 35.9 Å². The number of carbonyl (C=O) groups is 1. The number of ether oxygens (including phenoxy) is 1. The Morgan fingerprint density at radius 3 is 2.57 bits per heavy atom. The average Bonchev–Trinajstić information content (AvgIpc) is 2.53. The summed E-state index contributed by atoms with van der Waals surface area (Å²) >= 11 is 1.83. The van der Waals surface area contributed by atoms with E-state index in [2.05, 4.69) is 4.90 Å². The van der Waals surface area contributed by atoms with Gasteiger partial charge in [-0.2, -0.15) is 11.8 Å². The number of rotatable bonds is 7. The molecule has 0 saturated carbocycles. The van der Waals surface area contributed by atoms with Crippen LogP contribution in [0, 0.1) is 0 Å². The molecule has 1 fully saturated rings. The van der Waals surface area contributed by atoms with Crippen molar-refractivity contribution in [2.75, 3.05) is 38.8 Å². The van der Waals surface area contributed by atoms with Gasteiger partial charge in [0.1, 0.15) is 5.92 Å². The number of carbonyl (C=O) groups excluding carboxylic acids is 1. The highest BCUT2D eigenvalue weighted by Crippen LogP contribution is 2.39. The molecule has 0 bridgehead atoms. The maximum atomic E-state index is 12.7. The monoisotopic (exact) mass is 337 g/mol. The molecule has 1 heterocycles. The van der Waals surface area contributed by atoms with Gasteiger partial charge in [0.2, 0.25) is 0 Å². The van der Waals surface area contributed by atoms with Gasteiger partial charge < -0.3 is 14.7 Å². The number of benzene rings is 1. The van der Waals surface area contributed by atoms with Gasteiger partial charge in [0, 0.05) is 6.54 Å². The van der Waals surface area contributed by atoms with Crippen molar-refractivity contribution in [3.63, 3.8) is 0 Å². The maximum Gasteiger partial charge on any atom is 0.316 e. The van der Waals surface area contributed by atoms with Gasteiger partial charge in [0.15, 0.2) is 0 Å². The second-order valence-electron chi connectivity index (χ2n) is 6.38. The Bertz CT molecular complexity index is 486. The molecule has 1 atom stereocenters. The lowest BCUT2D eigenvalue weighted by molar-refractivity contribution is -0.153. The molecule has 5 heteroatoms. The van der Waals surface area contributed by atoms with Gasteiger partial charge in [-0.05, 0) is 50.4 Å². The van der Waals surface area contributed by atoms with Gasteiger partial charge in [-0.15, -0.1) is 0 Å². The molecule has 2 rings (SSSR count). The fourth-order valence-corrected chi connectivity index (χ4v) is 4.16. The Morgan fingerprint density at radius 1 is 1.30 bits per heavy atom. The molecular formula is C18H27NO3S. The molecule has 0 spiro atoms. The third-order valence-corrected chi connectivity index (χ3v) is 5.24. The van der Waals surface area contributed by atoms with E-state index in [1.165, 1.54) is 0 Å². The molecule has 128 valence electrons. The first-order valence-corrected chi connectivity index (χ1v) is 9.35. The molecular weight excluding hydrogens is 310 g/mol. The van der Waals surface area contributed by atoms with Gasteiger partial charge in [0.25, 0.3) is 0 Å². The third kappa shape index (κ3) is 5.23. The predicted molar refractivity (Wildman–Crippen MR) is 94.8 cm³/mol. The highest BCUT2D eigenvalue weighted by molar-refractivity contribution is 7.99. The SMILES string of the molecule is CN(C)CCCOC(=O)[C@H](c1ccccc1)C1(O)CCSCC1. The van der Waals surface area contributed by atoms with E-state index in [0.29, 0.717) is 19.4 Å².